The van der Waals surface area contributed by atoms with E-state index in [1.54, 1.807) is 35.0 Å². The summed E-state index contributed by atoms with van der Waals surface area (Å²) in [7, 11) is 0. The maximum absolute atomic E-state index is 12.2. The van der Waals surface area contributed by atoms with Crippen LogP contribution in [0.3, 0.4) is 0 Å². The summed E-state index contributed by atoms with van der Waals surface area (Å²) >= 11 is 0. The molecule has 0 spiro atoms. The molecule has 0 atom stereocenters. The molecule has 2 heterocycles. The molecule has 1 amide bonds. The van der Waals surface area contributed by atoms with Crippen LogP contribution in [0.25, 0.3) is 11.0 Å². The van der Waals surface area contributed by atoms with Crippen molar-refractivity contribution in [1.82, 2.24) is 14.5 Å². The number of nitrogens with one attached hydrogen (secondary N) is 2. The smallest absolute Gasteiger partial charge is 0.252 e. The van der Waals surface area contributed by atoms with Gasteiger partial charge in [0.1, 0.15) is 11.7 Å². The highest BCUT2D eigenvalue weighted by Gasteiger charge is 2.09. The first-order valence-corrected chi connectivity index (χ1v) is 8.97. The predicted octanol–water partition coefficient (Wildman–Crippen LogP) is 3.17. The average Bonchev–Trinajstić information content (AvgIpc) is 2.67. The molecule has 3 rings (SSSR count). The molecule has 0 bridgehead atoms. The van der Waals surface area contributed by atoms with Crippen molar-refractivity contribution in [3.05, 3.63) is 52.4 Å². The Balaban J connectivity index is 1.97. The summed E-state index contributed by atoms with van der Waals surface area (Å²) in [5.74, 6) is 0.0531. The first-order valence-electron chi connectivity index (χ1n) is 8.97. The fourth-order valence-corrected chi connectivity index (χ4v) is 2.81. The van der Waals surface area contributed by atoms with Crippen LogP contribution in [0.1, 0.15) is 32.3 Å². The SMILES string of the molecule is CCCCn1c(=O)ccc2cnc(Nc3ccc(C#N)c(NC(C)=O)c3)nc21. The van der Waals surface area contributed by atoms with Crippen LogP contribution in [0.5, 0.6) is 0 Å². The van der Waals surface area contributed by atoms with Gasteiger partial charge in [-0.05, 0) is 30.7 Å². The molecule has 0 saturated carbocycles. The van der Waals surface area contributed by atoms with Crippen molar-refractivity contribution in [3.8, 4) is 6.07 Å². The van der Waals surface area contributed by atoms with Crippen LogP contribution >= 0.6 is 0 Å². The molecule has 2 N–H and O–H groups in total. The van der Waals surface area contributed by atoms with Gasteiger partial charge in [0.15, 0.2) is 0 Å². The van der Waals surface area contributed by atoms with Gasteiger partial charge in [-0.25, -0.2) is 4.98 Å². The van der Waals surface area contributed by atoms with E-state index in [4.69, 9.17) is 0 Å². The number of hydrogen-bond donors (Lipinski definition) is 2. The lowest BCUT2D eigenvalue weighted by Crippen LogP contribution is -2.20. The van der Waals surface area contributed by atoms with Crippen molar-refractivity contribution in [2.75, 3.05) is 10.6 Å². The summed E-state index contributed by atoms with van der Waals surface area (Å²) < 4.78 is 1.65. The second-order valence-corrected chi connectivity index (χ2v) is 6.33. The first-order chi connectivity index (χ1) is 13.5. The zero-order chi connectivity index (χ0) is 20.1. The Labute approximate surface area is 161 Å². The largest absolute Gasteiger partial charge is 0.325 e. The van der Waals surface area contributed by atoms with E-state index >= 15 is 0 Å². The van der Waals surface area contributed by atoms with Gasteiger partial charge in [-0.3, -0.25) is 14.2 Å². The number of unbranched alkanes of at least 4 members (excludes halogenated alkanes) is 1. The third kappa shape index (κ3) is 4.15. The lowest BCUT2D eigenvalue weighted by molar-refractivity contribution is -0.114. The summed E-state index contributed by atoms with van der Waals surface area (Å²) in [6.45, 7) is 4.03. The molecule has 1 aromatic carbocycles. The third-order valence-electron chi connectivity index (χ3n) is 4.17. The Hall–Kier alpha value is -3.73. The van der Waals surface area contributed by atoms with Crippen molar-refractivity contribution in [2.24, 2.45) is 0 Å². The maximum atomic E-state index is 12.2. The van der Waals surface area contributed by atoms with E-state index in [2.05, 4.69) is 27.5 Å². The minimum Gasteiger partial charge on any atom is -0.325 e. The van der Waals surface area contributed by atoms with Gasteiger partial charge in [0.25, 0.3) is 5.56 Å². The Morgan fingerprint density at radius 2 is 2.11 bits per heavy atom. The van der Waals surface area contributed by atoms with E-state index in [0.717, 1.165) is 18.2 Å². The van der Waals surface area contributed by atoms with Crippen LogP contribution in [0.15, 0.2) is 41.3 Å². The van der Waals surface area contributed by atoms with Gasteiger partial charge < -0.3 is 10.6 Å². The Morgan fingerprint density at radius 3 is 2.82 bits per heavy atom. The van der Waals surface area contributed by atoms with E-state index in [0.29, 0.717) is 35.1 Å². The molecule has 0 aliphatic carbocycles. The van der Waals surface area contributed by atoms with Crippen molar-refractivity contribution in [3.63, 3.8) is 0 Å². The van der Waals surface area contributed by atoms with E-state index < -0.39 is 0 Å². The van der Waals surface area contributed by atoms with E-state index in [9.17, 15) is 14.9 Å². The Bertz CT molecular complexity index is 1130. The van der Waals surface area contributed by atoms with Crippen molar-refractivity contribution in [2.45, 2.75) is 33.2 Å². The third-order valence-corrected chi connectivity index (χ3v) is 4.17. The molecule has 0 radical (unpaired) electrons. The van der Waals surface area contributed by atoms with Gasteiger partial charge >= 0.3 is 0 Å². The standard InChI is InChI=1S/C20H20N6O2/c1-3-4-9-26-18(28)8-6-15-12-22-20(25-19(15)26)24-16-7-5-14(11-21)17(10-16)23-13(2)27/h5-8,10,12H,3-4,9H2,1-2H3,(H,23,27)(H,22,24,25). The molecule has 2 aromatic heterocycles. The van der Waals surface area contributed by atoms with Crippen LogP contribution in [-0.2, 0) is 11.3 Å². The number of amides is 1. The molecule has 0 aliphatic rings. The number of hydrogen-bond acceptors (Lipinski definition) is 6. The molecular formula is C20H20N6O2. The maximum Gasteiger partial charge on any atom is 0.252 e. The number of carbonyl (C=O) groups excluding carboxylic acids is 1. The molecule has 8 heteroatoms. The van der Waals surface area contributed by atoms with E-state index in [1.165, 1.54) is 13.0 Å². The Kier molecular flexibility index (Phi) is 5.65. The molecule has 8 nitrogen and oxygen atoms in total. The van der Waals surface area contributed by atoms with Crippen molar-refractivity contribution >= 4 is 34.3 Å². The van der Waals surface area contributed by atoms with Gasteiger partial charge in [-0.2, -0.15) is 10.2 Å². The zero-order valence-electron chi connectivity index (χ0n) is 15.7. The summed E-state index contributed by atoms with van der Waals surface area (Å²) in [5.41, 5.74) is 1.83. The fourth-order valence-electron chi connectivity index (χ4n) is 2.81. The number of aromatic nitrogens is 3. The second-order valence-electron chi connectivity index (χ2n) is 6.33. The van der Waals surface area contributed by atoms with Gasteiger partial charge in [-0.15, -0.1) is 0 Å². The zero-order valence-corrected chi connectivity index (χ0v) is 15.7. The average molecular weight is 376 g/mol. The predicted molar refractivity (Wildman–Crippen MR) is 107 cm³/mol. The van der Waals surface area contributed by atoms with Crippen molar-refractivity contribution in [1.29, 1.82) is 5.26 Å². The van der Waals surface area contributed by atoms with Gasteiger partial charge in [0.05, 0.1) is 11.3 Å². The summed E-state index contributed by atoms with van der Waals surface area (Å²) in [6.07, 6.45) is 3.50. The van der Waals surface area contributed by atoms with E-state index in [-0.39, 0.29) is 11.5 Å². The number of nitrogens with zero attached hydrogens (tertiary/aromatic N) is 4. The van der Waals surface area contributed by atoms with Crippen LogP contribution < -0.4 is 16.2 Å². The molecule has 142 valence electrons. The molecule has 0 fully saturated rings. The fraction of sp³-hybridized carbons (Fsp3) is 0.250. The molecule has 0 aliphatic heterocycles. The van der Waals surface area contributed by atoms with E-state index in [1.807, 2.05) is 6.07 Å². The molecule has 28 heavy (non-hydrogen) atoms. The highest BCUT2D eigenvalue weighted by molar-refractivity contribution is 5.91. The van der Waals surface area contributed by atoms with Gasteiger partial charge in [0.2, 0.25) is 11.9 Å². The first kappa shape index (κ1) is 19.0. The highest BCUT2D eigenvalue weighted by atomic mass is 16.1. The summed E-state index contributed by atoms with van der Waals surface area (Å²) in [5, 5.41) is 15.7. The molecular weight excluding hydrogens is 356 g/mol. The van der Waals surface area contributed by atoms with Crippen LogP contribution in [-0.4, -0.2) is 20.4 Å². The number of carbonyl (C=O) groups is 1. The van der Waals surface area contributed by atoms with Crippen LogP contribution in [0.4, 0.5) is 17.3 Å². The topological polar surface area (TPSA) is 113 Å². The second kappa shape index (κ2) is 8.31. The van der Waals surface area contributed by atoms with Crippen LogP contribution in [0.2, 0.25) is 0 Å². The minimum atomic E-state index is -0.268. The highest BCUT2D eigenvalue weighted by Crippen LogP contribution is 2.23. The van der Waals surface area contributed by atoms with Crippen molar-refractivity contribution < 1.29 is 4.79 Å². The van der Waals surface area contributed by atoms with Gasteiger partial charge in [-0.1, -0.05) is 13.3 Å². The summed E-state index contributed by atoms with van der Waals surface area (Å²) in [4.78, 5) is 32.4. The quantitative estimate of drug-likeness (QED) is 0.683. The lowest BCUT2D eigenvalue weighted by atomic mass is 10.1. The molecule has 0 unspecified atom stereocenters. The minimum absolute atomic E-state index is 0.100. The number of fused-ring (bicyclic) bond motifs is 1. The number of benzene rings is 1. The van der Waals surface area contributed by atoms with Crippen LogP contribution in [0, 0.1) is 11.3 Å². The lowest BCUT2D eigenvalue weighted by Gasteiger charge is -2.12. The van der Waals surface area contributed by atoms with Gasteiger partial charge in [0, 0.05) is 36.8 Å². The number of pyridine rings is 1. The number of aryl methyl sites for hydroxylation is 1. The molecule has 3 aromatic rings. The monoisotopic (exact) mass is 376 g/mol. The number of anilines is 3. The normalized spacial score (nSPS) is 10.5. The Morgan fingerprint density at radius 1 is 1.29 bits per heavy atom. The summed E-state index contributed by atoms with van der Waals surface area (Å²) in [6, 6.07) is 10.2. The number of rotatable bonds is 6. The molecule has 0 saturated heterocycles. The number of nitriles is 1.